The second-order valence-electron chi connectivity index (χ2n) is 3.20. The highest BCUT2D eigenvalue weighted by molar-refractivity contribution is 8.00. The molecule has 0 aliphatic rings. The van der Waals surface area contributed by atoms with E-state index in [2.05, 4.69) is 4.74 Å². The van der Waals surface area contributed by atoms with Crippen LogP contribution in [0.4, 0.5) is 13.2 Å². The molecule has 0 N–H and O–H groups in total. The molecule has 0 aliphatic heterocycles. The fourth-order valence-corrected chi connectivity index (χ4v) is 1.93. The molecule has 0 unspecified atom stereocenters. The number of hydrogen-bond donors (Lipinski definition) is 0. The highest BCUT2D eigenvalue weighted by Gasteiger charge is 2.31. The number of nitrogens with zero attached hydrogens (tertiary/aromatic N) is 1. The number of carbonyl (C=O) groups excluding carboxylic acids is 1. The van der Waals surface area contributed by atoms with Crippen LogP contribution in [0.25, 0.3) is 0 Å². The molecule has 19 heavy (non-hydrogen) atoms. The van der Waals surface area contributed by atoms with Crippen molar-refractivity contribution in [2.45, 2.75) is 10.4 Å². The van der Waals surface area contributed by atoms with Crippen LogP contribution in [-0.2, 0) is 4.74 Å². The number of ether oxygens (including phenoxy) is 2. The molecule has 0 atom stereocenters. The van der Waals surface area contributed by atoms with Gasteiger partial charge in [0.1, 0.15) is 17.4 Å². The van der Waals surface area contributed by atoms with Gasteiger partial charge in [-0.05, 0) is 23.9 Å². The molecule has 1 rings (SSSR count). The summed E-state index contributed by atoms with van der Waals surface area (Å²) in [5.41, 5.74) is -4.92. The molecule has 0 bridgehead atoms. The lowest BCUT2D eigenvalue weighted by Gasteiger charge is -2.12. The number of carbonyl (C=O) groups is 1. The van der Waals surface area contributed by atoms with Crippen molar-refractivity contribution in [1.82, 2.24) is 0 Å². The Morgan fingerprint density at radius 2 is 2.00 bits per heavy atom. The third-order valence-corrected chi connectivity index (χ3v) is 2.84. The lowest BCUT2D eigenvalue weighted by atomic mass is 10.1. The van der Waals surface area contributed by atoms with Gasteiger partial charge >= 0.3 is 11.5 Å². The first-order valence-corrected chi connectivity index (χ1v) is 5.60. The van der Waals surface area contributed by atoms with Crippen molar-refractivity contribution in [2.75, 3.05) is 14.2 Å². The maximum atomic E-state index is 12.3. The van der Waals surface area contributed by atoms with E-state index < -0.39 is 23.2 Å². The number of methoxy groups -OCH3 is 2. The fourth-order valence-electron chi connectivity index (χ4n) is 1.30. The zero-order valence-electron chi connectivity index (χ0n) is 9.87. The highest BCUT2D eigenvalue weighted by Crippen LogP contribution is 2.40. The molecule has 0 fully saturated rings. The van der Waals surface area contributed by atoms with Crippen LogP contribution in [0.1, 0.15) is 15.9 Å². The van der Waals surface area contributed by atoms with E-state index in [-0.39, 0.29) is 21.8 Å². The van der Waals surface area contributed by atoms with E-state index in [1.165, 1.54) is 7.11 Å². The quantitative estimate of drug-likeness (QED) is 0.633. The molecule has 4 nitrogen and oxygen atoms in total. The van der Waals surface area contributed by atoms with Crippen LogP contribution < -0.4 is 4.74 Å². The number of benzene rings is 1. The van der Waals surface area contributed by atoms with Gasteiger partial charge in [0.05, 0.1) is 19.8 Å². The average molecular weight is 291 g/mol. The Balaban J connectivity index is 3.36. The van der Waals surface area contributed by atoms with Gasteiger partial charge in [-0.1, -0.05) is 0 Å². The highest BCUT2D eigenvalue weighted by atomic mass is 32.2. The van der Waals surface area contributed by atoms with Gasteiger partial charge < -0.3 is 9.47 Å². The minimum absolute atomic E-state index is 0.0856. The Hall–Kier alpha value is -1.88. The number of alkyl halides is 3. The third kappa shape index (κ3) is 3.79. The van der Waals surface area contributed by atoms with E-state index >= 15 is 0 Å². The number of halogens is 3. The summed E-state index contributed by atoms with van der Waals surface area (Å²) in [6, 6.07) is 3.61. The van der Waals surface area contributed by atoms with E-state index in [0.29, 0.717) is 0 Å². The van der Waals surface area contributed by atoms with E-state index in [1.807, 2.05) is 0 Å². The predicted molar refractivity (Wildman–Crippen MR) is 61.0 cm³/mol. The van der Waals surface area contributed by atoms with Gasteiger partial charge in [-0.25, -0.2) is 4.79 Å². The lowest BCUT2D eigenvalue weighted by Crippen LogP contribution is -2.06. The van der Waals surface area contributed by atoms with Crippen molar-refractivity contribution in [1.29, 1.82) is 5.26 Å². The van der Waals surface area contributed by atoms with E-state index in [4.69, 9.17) is 10.00 Å². The van der Waals surface area contributed by atoms with E-state index in [9.17, 15) is 18.0 Å². The summed E-state index contributed by atoms with van der Waals surface area (Å²) in [7, 11) is 2.32. The van der Waals surface area contributed by atoms with Crippen LogP contribution in [0, 0.1) is 11.3 Å². The minimum atomic E-state index is -4.54. The monoisotopic (exact) mass is 291 g/mol. The molecule has 0 saturated carbocycles. The number of rotatable bonds is 3. The summed E-state index contributed by atoms with van der Waals surface area (Å²) < 4.78 is 46.3. The summed E-state index contributed by atoms with van der Waals surface area (Å²) in [5, 5.41) is 8.83. The molecule has 0 heterocycles. The molecule has 0 aromatic heterocycles. The Labute approximate surface area is 111 Å². The van der Waals surface area contributed by atoms with Crippen LogP contribution >= 0.6 is 11.8 Å². The predicted octanol–water partition coefficient (Wildman–Crippen LogP) is 2.97. The van der Waals surface area contributed by atoms with Crippen molar-refractivity contribution in [3.8, 4) is 11.8 Å². The van der Waals surface area contributed by atoms with E-state index in [1.54, 1.807) is 6.07 Å². The fraction of sp³-hybridized carbons (Fsp3) is 0.273. The first kappa shape index (κ1) is 15.2. The molecular weight excluding hydrogens is 283 g/mol. The summed E-state index contributed by atoms with van der Waals surface area (Å²) >= 11 is -0.445. The molecule has 0 aliphatic carbocycles. The molecule has 0 spiro atoms. The normalized spacial score (nSPS) is 10.7. The molecule has 1 aromatic rings. The molecule has 102 valence electrons. The average Bonchev–Trinajstić information content (AvgIpc) is 2.35. The summed E-state index contributed by atoms with van der Waals surface area (Å²) in [6.07, 6.45) is 0. The molecule has 0 radical (unpaired) electrons. The molecule has 1 aromatic carbocycles. The minimum Gasteiger partial charge on any atom is -0.496 e. The summed E-state index contributed by atoms with van der Waals surface area (Å²) in [6.45, 7) is 0. The molecule has 0 amide bonds. The summed E-state index contributed by atoms with van der Waals surface area (Å²) in [4.78, 5) is 11.1. The van der Waals surface area contributed by atoms with E-state index in [0.717, 1.165) is 19.2 Å². The number of thioether (sulfide) groups is 1. The van der Waals surface area contributed by atoms with Gasteiger partial charge in [0, 0.05) is 4.90 Å². The van der Waals surface area contributed by atoms with Gasteiger partial charge in [0.2, 0.25) is 0 Å². The second kappa shape index (κ2) is 5.84. The van der Waals surface area contributed by atoms with Crippen LogP contribution in [0.5, 0.6) is 5.75 Å². The SMILES string of the molecule is COC(=O)c1cc(C#N)c(SC(F)(F)F)cc1OC. The second-order valence-corrected chi connectivity index (χ2v) is 4.31. The Kier molecular flexibility index (Phi) is 4.67. The largest absolute Gasteiger partial charge is 0.496 e. The Morgan fingerprint density at radius 3 is 2.42 bits per heavy atom. The molecule has 8 heteroatoms. The van der Waals surface area contributed by atoms with Gasteiger partial charge in [-0.15, -0.1) is 0 Å². The van der Waals surface area contributed by atoms with Crippen LogP contribution in [0.2, 0.25) is 0 Å². The standard InChI is InChI=1S/C11H8F3NO3S/c1-17-8-4-9(19-11(12,13)14)6(5-15)3-7(8)10(16)18-2/h3-4H,1-2H3. The number of nitriles is 1. The van der Waals surface area contributed by atoms with Crippen molar-refractivity contribution < 1.29 is 27.4 Å². The van der Waals surface area contributed by atoms with Crippen LogP contribution in [-0.4, -0.2) is 25.7 Å². The van der Waals surface area contributed by atoms with Gasteiger partial charge in [0.25, 0.3) is 0 Å². The smallest absolute Gasteiger partial charge is 0.446 e. The topological polar surface area (TPSA) is 59.3 Å². The maximum Gasteiger partial charge on any atom is 0.446 e. The first-order chi connectivity index (χ1) is 8.82. The molecule has 0 saturated heterocycles. The number of esters is 1. The Bertz CT molecular complexity index is 537. The van der Waals surface area contributed by atoms with Crippen LogP contribution in [0.15, 0.2) is 17.0 Å². The molecular formula is C11H8F3NO3S. The van der Waals surface area contributed by atoms with Gasteiger partial charge in [0.15, 0.2) is 0 Å². The van der Waals surface area contributed by atoms with Crippen molar-refractivity contribution in [2.24, 2.45) is 0 Å². The zero-order chi connectivity index (χ0) is 14.6. The van der Waals surface area contributed by atoms with Crippen molar-refractivity contribution in [3.63, 3.8) is 0 Å². The zero-order valence-corrected chi connectivity index (χ0v) is 10.7. The first-order valence-electron chi connectivity index (χ1n) is 4.78. The van der Waals surface area contributed by atoms with Gasteiger partial charge in [-0.3, -0.25) is 0 Å². The third-order valence-electron chi connectivity index (χ3n) is 2.05. The lowest BCUT2D eigenvalue weighted by molar-refractivity contribution is -0.0328. The van der Waals surface area contributed by atoms with Crippen molar-refractivity contribution in [3.05, 3.63) is 23.3 Å². The van der Waals surface area contributed by atoms with Crippen molar-refractivity contribution >= 4 is 17.7 Å². The Morgan fingerprint density at radius 1 is 1.37 bits per heavy atom. The summed E-state index contributed by atoms with van der Waals surface area (Å²) in [5.74, 6) is -0.880. The number of hydrogen-bond acceptors (Lipinski definition) is 5. The van der Waals surface area contributed by atoms with Crippen LogP contribution in [0.3, 0.4) is 0 Å². The maximum absolute atomic E-state index is 12.3. The van der Waals surface area contributed by atoms with Gasteiger partial charge in [-0.2, -0.15) is 18.4 Å².